The highest BCUT2D eigenvalue weighted by Gasteiger charge is 2.37. The van der Waals surface area contributed by atoms with E-state index in [-0.39, 0.29) is 0 Å². The van der Waals surface area contributed by atoms with Crippen molar-refractivity contribution < 1.29 is 22.7 Å². The zero-order valence-electron chi connectivity index (χ0n) is 9.95. The third-order valence-corrected chi connectivity index (χ3v) is 3.08. The zero-order chi connectivity index (χ0) is 13.8. The molecule has 0 N–H and O–H groups in total. The summed E-state index contributed by atoms with van der Waals surface area (Å²) >= 11 is 1.52. The molecule has 0 aliphatic carbocycles. The first-order valence-electron chi connectivity index (χ1n) is 5.20. The molecule has 100 valence electrons. The first kappa shape index (κ1) is 15.0. The van der Waals surface area contributed by atoms with Crippen LogP contribution in [0.15, 0.2) is 29.2 Å². The second kappa shape index (κ2) is 6.24. The Balaban J connectivity index is 2.55. The van der Waals surface area contributed by atoms with E-state index < -0.39 is 24.7 Å². The van der Waals surface area contributed by atoms with Crippen LogP contribution in [0, 0.1) is 0 Å². The smallest absolute Gasteiger partial charge is 0.361 e. The molecule has 0 bridgehead atoms. The number of hydrogen-bond acceptors (Lipinski definition) is 3. The number of carbonyl (C=O) groups is 1. The van der Waals surface area contributed by atoms with Crippen molar-refractivity contribution in [3.05, 3.63) is 29.8 Å². The maximum absolute atomic E-state index is 12.2. The maximum atomic E-state index is 12.2. The number of alkyl halides is 3. The average molecular weight is 278 g/mol. The number of halogens is 3. The monoisotopic (exact) mass is 278 g/mol. The fourth-order valence-corrected chi connectivity index (χ4v) is 1.56. The summed E-state index contributed by atoms with van der Waals surface area (Å²) in [6, 6.07) is 6.64. The fraction of sp³-hybridized carbons (Fsp3) is 0.417. The number of Topliss-reactive ketones (excluding diaryl/α,β-unsaturated/α-hetero) is 1. The molecule has 1 unspecified atom stereocenters. The lowest BCUT2D eigenvalue weighted by atomic mass is 10.1. The number of ketones is 1. The average Bonchev–Trinajstić information content (AvgIpc) is 2.34. The van der Waals surface area contributed by atoms with Crippen molar-refractivity contribution in [1.82, 2.24) is 0 Å². The van der Waals surface area contributed by atoms with Crippen LogP contribution in [0.4, 0.5) is 13.2 Å². The van der Waals surface area contributed by atoms with Crippen LogP contribution in [0.1, 0.15) is 17.3 Å². The Morgan fingerprint density at radius 1 is 1.33 bits per heavy atom. The summed E-state index contributed by atoms with van der Waals surface area (Å²) in [5.41, 5.74) is 0.349. The molecule has 0 spiro atoms. The van der Waals surface area contributed by atoms with Crippen LogP contribution in [0.2, 0.25) is 0 Å². The minimum Gasteiger partial charge on any atom is -0.361 e. The van der Waals surface area contributed by atoms with Crippen molar-refractivity contribution in [3.8, 4) is 0 Å². The Morgan fingerprint density at radius 2 is 1.89 bits per heavy atom. The molecule has 0 fully saturated rings. The zero-order valence-corrected chi connectivity index (χ0v) is 10.8. The summed E-state index contributed by atoms with van der Waals surface area (Å²) in [6.07, 6.45) is -4.49. The van der Waals surface area contributed by atoms with Gasteiger partial charge in [0, 0.05) is 10.5 Å². The molecular formula is C12H13F3O2S. The van der Waals surface area contributed by atoms with Gasteiger partial charge in [0.2, 0.25) is 0 Å². The van der Waals surface area contributed by atoms with Gasteiger partial charge in [0.15, 0.2) is 11.9 Å². The number of thioether (sulfide) groups is 1. The number of carbonyl (C=O) groups excluding carboxylic acids is 1. The van der Waals surface area contributed by atoms with E-state index in [1.807, 2.05) is 6.26 Å². The minimum absolute atomic E-state index is 0.349. The molecule has 0 aliphatic rings. The number of rotatable bonds is 5. The highest BCUT2D eigenvalue weighted by molar-refractivity contribution is 7.98. The van der Waals surface area contributed by atoms with Crippen LogP contribution >= 0.6 is 11.8 Å². The molecule has 6 heteroatoms. The second-order valence-corrected chi connectivity index (χ2v) is 4.53. The van der Waals surface area contributed by atoms with E-state index in [2.05, 4.69) is 4.74 Å². The summed E-state index contributed by atoms with van der Waals surface area (Å²) < 4.78 is 41.0. The molecule has 0 radical (unpaired) electrons. The van der Waals surface area contributed by atoms with Crippen LogP contribution in [0.25, 0.3) is 0 Å². The largest absolute Gasteiger partial charge is 0.414 e. The molecule has 1 aromatic carbocycles. The van der Waals surface area contributed by atoms with Crippen LogP contribution < -0.4 is 0 Å². The Bertz CT molecular complexity index is 401. The second-order valence-electron chi connectivity index (χ2n) is 3.65. The minimum atomic E-state index is -4.44. The third-order valence-electron chi connectivity index (χ3n) is 2.34. The van der Waals surface area contributed by atoms with Gasteiger partial charge in [-0.25, -0.2) is 0 Å². The number of hydrogen-bond donors (Lipinski definition) is 0. The van der Waals surface area contributed by atoms with E-state index in [9.17, 15) is 18.0 Å². The van der Waals surface area contributed by atoms with Gasteiger partial charge in [-0.15, -0.1) is 11.8 Å². The molecule has 0 saturated carbocycles. The van der Waals surface area contributed by atoms with E-state index in [4.69, 9.17) is 0 Å². The van der Waals surface area contributed by atoms with Crippen molar-refractivity contribution in [2.24, 2.45) is 0 Å². The topological polar surface area (TPSA) is 26.3 Å². The van der Waals surface area contributed by atoms with E-state index in [0.29, 0.717) is 5.56 Å². The van der Waals surface area contributed by atoms with E-state index in [1.165, 1.54) is 11.8 Å². The molecule has 1 aromatic rings. The first-order chi connectivity index (χ1) is 8.34. The van der Waals surface area contributed by atoms with E-state index in [0.717, 1.165) is 11.8 Å². The highest BCUT2D eigenvalue weighted by atomic mass is 32.2. The van der Waals surface area contributed by atoms with Crippen molar-refractivity contribution in [2.45, 2.75) is 24.1 Å². The van der Waals surface area contributed by atoms with Crippen LogP contribution in [0.5, 0.6) is 0 Å². The quantitative estimate of drug-likeness (QED) is 0.608. The molecule has 2 nitrogen and oxygen atoms in total. The van der Waals surface area contributed by atoms with Crippen molar-refractivity contribution in [2.75, 3.05) is 12.9 Å². The van der Waals surface area contributed by atoms with Crippen molar-refractivity contribution >= 4 is 17.5 Å². The van der Waals surface area contributed by atoms with Gasteiger partial charge in [-0.2, -0.15) is 13.2 Å². The number of benzene rings is 1. The van der Waals surface area contributed by atoms with Crippen LogP contribution in [-0.4, -0.2) is 30.9 Å². The van der Waals surface area contributed by atoms with Gasteiger partial charge in [-0.05, 0) is 25.3 Å². The Kier molecular flexibility index (Phi) is 5.22. The molecule has 0 aliphatic heterocycles. The predicted octanol–water partition coefficient (Wildman–Crippen LogP) is 3.56. The normalized spacial score (nSPS) is 13.4. The maximum Gasteiger partial charge on any atom is 0.414 e. The lowest BCUT2D eigenvalue weighted by Gasteiger charge is -2.15. The lowest BCUT2D eigenvalue weighted by Crippen LogP contribution is -2.30. The lowest BCUT2D eigenvalue weighted by molar-refractivity contribution is -0.210. The highest BCUT2D eigenvalue weighted by Crippen LogP contribution is 2.22. The summed E-state index contributed by atoms with van der Waals surface area (Å²) in [5, 5.41) is 0. The van der Waals surface area contributed by atoms with Gasteiger partial charge in [0.25, 0.3) is 0 Å². The summed E-state index contributed by atoms with van der Waals surface area (Å²) in [7, 11) is 0. The summed E-state index contributed by atoms with van der Waals surface area (Å²) in [5.74, 6) is -0.459. The molecule has 0 heterocycles. The third kappa shape index (κ3) is 4.34. The van der Waals surface area contributed by atoms with Gasteiger partial charge in [-0.1, -0.05) is 12.1 Å². The number of ether oxygens (including phenoxy) is 1. The molecular weight excluding hydrogens is 265 g/mol. The van der Waals surface area contributed by atoms with Gasteiger partial charge >= 0.3 is 6.18 Å². The molecule has 1 atom stereocenters. The van der Waals surface area contributed by atoms with Gasteiger partial charge in [0.1, 0.15) is 6.61 Å². The molecule has 0 saturated heterocycles. The summed E-state index contributed by atoms with van der Waals surface area (Å²) in [4.78, 5) is 12.6. The predicted molar refractivity (Wildman–Crippen MR) is 64.0 cm³/mol. The Labute approximate surface area is 108 Å². The fourth-order valence-electron chi connectivity index (χ4n) is 1.16. The molecule has 1 rings (SSSR count). The standard InChI is InChI=1S/C12H13F3O2S/c1-8(12(13,14)15)17-7-11(16)9-3-5-10(18-2)6-4-9/h3-6,8H,7H2,1-2H3. The van der Waals surface area contributed by atoms with Gasteiger partial charge in [0.05, 0.1) is 0 Å². The molecule has 0 amide bonds. The van der Waals surface area contributed by atoms with Crippen molar-refractivity contribution in [3.63, 3.8) is 0 Å². The molecule has 0 aromatic heterocycles. The first-order valence-corrected chi connectivity index (χ1v) is 6.42. The van der Waals surface area contributed by atoms with Gasteiger partial charge in [-0.3, -0.25) is 4.79 Å². The summed E-state index contributed by atoms with van der Waals surface area (Å²) in [6.45, 7) is 0.309. The SMILES string of the molecule is CSc1ccc(C(=O)COC(C)C(F)(F)F)cc1. The Morgan fingerprint density at radius 3 is 2.33 bits per heavy atom. The van der Waals surface area contributed by atoms with Crippen molar-refractivity contribution in [1.29, 1.82) is 0 Å². The van der Waals surface area contributed by atoms with E-state index >= 15 is 0 Å². The van der Waals surface area contributed by atoms with Gasteiger partial charge < -0.3 is 4.74 Å². The Hall–Kier alpha value is -1.01. The van der Waals surface area contributed by atoms with E-state index in [1.54, 1.807) is 24.3 Å². The molecule has 18 heavy (non-hydrogen) atoms. The van der Waals surface area contributed by atoms with Crippen LogP contribution in [-0.2, 0) is 4.74 Å². The van der Waals surface area contributed by atoms with Crippen LogP contribution in [0.3, 0.4) is 0 Å².